The first-order chi connectivity index (χ1) is 21.7. The Hall–Kier alpha value is -1.41. The Labute approximate surface area is 270 Å². The number of aliphatic hydroxyl groups excluding tert-OH is 7. The molecule has 1 aliphatic heterocycles. The van der Waals surface area contributed by atoms with Gasteiger partial charge in [0.2, 0.25) is 5.91 Å². The minimum atomic E-state index is -1.66. The van der Waals surface area contributed by atoms with Gasteiger partial charge in [-0.15, -0.1) is 0 Å². The van der Waals surface area contributed by atoms with Gasteiger partial charge in [-0.2, -0.15) is 0 Å². The van der Waals surface area contributed by atoms with Crippen LogP contribution in [0, 0.1) is 0 Å². The van der Waals surface area contributed by atoms with Crippen molar-refractivity contribution in [1.29, 1.82) is 0 Å². The van der Waals surface area contributed by atoms with Crippen molar-refractivity contribution in [2.45, 2.75) is 172 Å². The zero-order valence-electron chi connectivity index (χ0n) is 27.6. The second-order valence-corrected chi connectivity index (χ2v) is 12.2. The maximum absolute atomic E-state index is 12.9. The number of ether oxygens (including phenoxy) is 2. The zero-order chi connectivity index (χ0) is 33.5. The van der Waals surface area contributed by atoms with E-state index in [2.05, 4.69) is 24.4 Å². The van der Waals surface area contributed by atoms with Gasteiger partial charge in [0.05, 0.1) is 25.4 Å². The topological polar surface area (TPSA) is 189 Å². The number of nitrogens with one attached hydrogen (secondary N) is 1. The molecule has 11 nitrogen and oxygen atoms in total. The van der Waals surface area contributed by atoms with Crippen molar-refractivity contribution in [3.63, 3.8) is 0 Å². The van der Waals surface area contributed by atoms with Crippen LogP contribution in [0.25, 0.3) is 0 Å². The summed E-state index contributed by atoms with van der Waals surface area (Å²) in [6.45, 7) is 3.10. The molecule has 0 bridgehead atoms. The highest BCUT2D eigenvalue weighted by atomic mass is 16.7. The summed E-state index contributed by atoms with van der Waals surface area (Å²) in [5.41, 5.74) is 0. The van der Waals surface area contributed by atoms with Crippen molar-refractivity contribution in [2.24, 2.45) is 0 Å². The van der Waals surface area contributed by atoms with Crippen molar-refractivity contribution in [2.75, 3.05) is 13.2 Å². The van der Waals surface area contributed by atoms with Crippen LogP contribution in [0.5, 0.6) is 0 Å². The van der Waals surface area contributed by atoms with Gasteiger partial charge in [0.25, 0.3) is 0 Å². The molecule has 0 radical (unpaired) electrons. The highest BCUT2D eigenvalue weighted by Gasteiger charge is 2.44. The van der Waals surface area contributed by atoms with Gasteiger partial charge in [-0.3, -0.25) is 4.79 Å². The first kappa shape index (κ1) is 41.6. The summed E-state index contributed by atoms with van der Waals surface area (Å²) in [7, 11) is 0. The van der Waals surface area contributed by atoms with Crippen LogP contribution in [0.15, 0.2) is 24.3 Å². The second-order valence-electron chi connectivity index (χ2n) is 12.2. The average Bonchev–Trinajstić information content (AvgIpc) is 3.04. The number of amides is 1. The second kappa shape index (κ2) is 25.7. The van der Waals surface area contributed by atoms with Gasteiger partial charge in [0.1, 0.15) is 36.6 Å². The molecule has 1 saturated heterocycles. The summed E-state index contributed by atoms with van der Waals surface area (Å²) in [6, 6.07) is -1.18. The van der Waals surface area contributed by atoms with Crippen LogP contribution < -0.4 is 5.32 Å². The van der Waals surface area contributed by atoms with Gasteiger partial charge in [-0.05, 0) is 45.4 Å². The Morgan fingerprint density at radius 1 is 0.800 bits per heavy atom. The molecule has 0 spiro atoms. The van der Waals surface area contributed by atoms with Crippen molar-refractivity contribution in [3.8, 4) is 0 Å². The molecular weight excluding hydrogens is 582 g/mol. The molecule has 45 heavy (non-hydrogen) atoms. The van der Waals surface area contributed by atoms with Gasteiger partial charge in [-0.25, -0.2) is 0 Å². The lowest BCUT2D eigenvalue weighted by Crippen LogP contribution is -2.60. The number of unbranched alkanes of at least 4 members (excludes halogenated alkanes) is 11. The molecule has 9 unspecified atom stereocenters. The number of carbonyl (C=O) groups excluding carboxylic acids is 1. The summed E-state index contributed by atoms with van der Waals surface area (Å²) in [4.78, 5) is 12.9. The summed E-state index contributed by atoms with van der Waals surface area (Å²) in [5, 5.41) is 74.6. The molecule has 1 aliphatic rings. The number of carbonyl (C=O) groups is 1. The summed E-state index contributed by atoms with van der Waals surface area (Å²) < 4.78 is 10.9. The van der Waals surface area contributed by atoms with E-state index in [0.29, 0.717) is 19.3 Å². The highest BCUT2D eigenvalue weighted by molar-refractivity contribution is 5.80. The Kier molecular flexibility index (Phi) is 23.7. The van der Waals surface area contributed by atoms with E-state index in [9.17, 15) is 40.5 Å². The SMILES string of the molecule is C/C=C/CC/C=C/CCCC(O)C(O)C(COC1OC(CO)C(O)C(O)C1O)NC(=O)C(O)CCCCCCCCCCCC. The first-order valence-corrected chi connectivity index (χ1v) is 17.2. The molecule has 0 aliphatic carbocycles. The third-order valence-electron chi connectivity index (χ3n) is 8.33. The molecule has 0 saturated carbocycles. The molecular formula is C34H63NO10. The quantitative estimate of drug-likeness (QED) is 0.0513. The fraction of sp³-hybridized carbons (Fsp3) is 0.853. The molecule has 1 fully saturated rings. The summed E-state index contributed by atoms with van der Waals surface area (Å²) >= 11 is 0. The van der Waals surface area contributed by atoms with E-state index in [1.165, 1.54) is 38.5 Å². The van der Waals surface area contributed by atoms with Crippen molar-refractivity contribution >= 4 is 5.91 Å². The van der Waals surface area contributed by atoms with Crippen LogP contribution in [0.4, 0.5) is 0 Å². The van der Waals surface area contributed by atoms with Gasteiger partial charge in [-0.1, -0.05) is 95.4 Å². The van der Waals surface area contributed by atoms with E-state index in [4.69, 9.17) is 9.47 Å². The van der Waals surface area contributed by atoms with E-state index in [0.717, 1.165) is 32.1 Å². The number of aliphatic hydroxyl groups is 7. The molecule has 1 amide bonds. The van der Waals surface area contributed by atoms with Crippen LogP contribution >= 0.6 is 0 Å². The van der Waals surface area contributed by atoms with Gasteiger partial charge < -0.3 is 50.5 Å². The molecule has 1 rings (SSSR count). The molecule has 264 valence electrons. The summed E-state index contributed by atoms with van der Waals surface area (Å²) in [5.74, 6) is -0.719. The van der Waals surface area contributed by atoms with Gasteiger partial charge in [0.15, 0.2) is 6.29 Å². The molecule has 8 N–H and O–H groups in total. The summed E-state index contributed by atoms with van der Waals surface area (Å²) in [6.07, 6.45) is 11.5. The lowest BCUT2D eigenvalue weighted by Gasteiger charge is -2.40. The normalized spacial score (nSPS) is 25.0. The Morgan fingerprint density at radius 3 is 2.02 bits per heavy atom. The van der Waals surface area contributed by atoms with Crippen LogP contribution in [0.2, 0.25) is 0 Å². The maximum atomic E-state index is 12.9. The molecule has 0 aromatic heterocycles. The molecule has 0 aromatic rings. The van der Waals surface area contributed by atoms with Crippen LogP contribution in [-0.4, -0.2) is 110 Å². The Bertz CT molecular complexity index is 795. The largest absolute Gasteiger partial charge is 0.394 e. The predicted octanol–water partition coefficient (Wildman–Crippen LogP) is 2.76. The lowest BCUT2D eigenvalue weighted by atomic mass is 9.98. The van der Waals surface area contributed by atoms with E-state index in [-0.39, 0.29) is 12.8 Å². The molecule has 0 aromatic carbocycles. The van der Waals surface area contributed by atoms with E-state index in [1.54, 1.807) is 0 Å². The van der Waals surface area contributed by atoms with Crippen LogP contribution in [0.3, 0.4) is 0 Å². The third kappa shape index (κ3) is 17.4. The van der Waals surface area contributed by atoms with Crippen molar-refractivity contribution < 1.29 is 50.0 Å². The lowest BCUT2D eigenvalue weighted by molar-refractivity contribution is -0.303. The maximum Gasteiger partial charge on any atom is 0.249 e. The highest BCUT2D eigenvalue weighted by Crippen LogP contribution is 2.23. The van der Waals surface area contributed by atoms with Gasteiger partial charge in [0, 0.05) is 0 Å². The fourth-order valence-corrected chi connectivity index (χ4v) is 5.34. The number of rotatable bonds is 26. The Balaban J connectivity index is 2.66. The average molecular weight is 646 g/mol. The number of allylic oxidation sites excluding steroid dienone is 4. The van der Waals surface area contributed by atoms with Crippen LogP contribution in [0.1, 0.15) is 117 Å². The van der Waals surface area contributed by atoms with E-state index >= 15 is 0 Å². The monoisotopic (exact) mass is 645 g/mol. The molecule has 11 heteroatoms. The minimum absolute atomic E-state index is 0.244. The Morgan fingerprint density at radius 2 is 1.40 bits per heavy atom. The number of hydrogen-bond acceptors (Lipinski definition) is 10. The smallest absolute Gasteiger partial charge is 0.249 e. The molecule has 1 heterocycles. The minimum Gasteiger partial charge on any atom is -0.394 e. The van der Waals surface area contributed by atoms with Crippen molar-refractivity contribution in [3.05, 3.63) is 24.3 Å². The van der Waals surface area contributed by atoms with Crippen LogP contribution in [-0.2, 0) is 14.3 Å². The van der Waals surface area contributed by atoms with Gasteiger partial charge >= 0.3 is 0 Å². The van der Waals surface area contributed by atoms with Crippen molar-refractivity contribution in [1.82, 2.24) is 5.32 Å². The van der Waals surface area contributed by atoms with E-state index in [1.807, 2.05) is 19.1 Å². The third-order valence-corrected chi connectivity index (χ3v) is 8.33. The zero-order valence-corrected chi connectivity index (χ0v) is 27.6. The fourth-order valence-electron chi connectivity index (χ4n) is 5.34. The van der Waals surface area contributed by atoms with E-state index < -0.39 is 74.2 Å². The standard InChI is InChI=1S/C34H63NO10/c1-3-5-7-9-11-13-14-16-18-20-22-27(38)33(43)35-25(24-44-34-32(42)31(41)30(40)28(23-36)45-34)29(39)26(37)21-19-17-15-12-10-8-6-4-2/h4,6,12,15,25-32,34,36-42H,3,5,7-11,13-14,16-24H2,1-2H3,(H,35,43)/b6-4+,15-12+. The predicted molar refractivity (Wildman–Crippen MR) is 173 cm³/mol. The molecule has 9 atom stereocenters. The first-order valence-electron chi connectivity index (χ1n) is 17.2. The number of hydrogen-bond donors (Lipinski definition) is 8.